The van der Waals surface area contributed by atoms with E-state index in [0.717, 1.165) is 24.8 Å². The van der Waals surface area contributed by atoms with Gasteiger partial charge in [0.05, 0.1) is 17.4 Å². The Morgan fingerprint density at radius 2 is 1.95 bits per heavy atom. The lowest BCUT2D eigenvalue weighted by atomic mass is 9.72. The Labute approximate surface area is 238 Å². The summed E-state index contributed by atoms with van der Waals surface area (Å²) in [6, 6.07) is 11.1. The highest BCUT2D eigenvalue weighted by molar-refractivity contribution is 7.99. The zero-order valence-corrected chi connectivity index (χ0v) is 25.0. The molecule has 0 bridgehead atoms. The highest BCUT2D eigenvalue weighted by Crippen LogP contribution is 2.44. The Kier molecular flexibility index (Phi) is 8.82. The molecule has 0 aliphatic heterocycles. The van der Waals surface area contributed by atoms with Gasteiger partial charge >= 0.3 is 0 Å². The van der Waals surface area contributed by atoms with E-state index in [-0.39, 0.29) is 34.9 Å². The monoisotopic (exact) mass is 564 g/mol. The number of aromatic nitrogens is 3. The van der Waals surface area contributed by atoms with E-state index in [1.54, 1.807) is 12.1 Å². The number of nitriles is 1. The van der Waals surface area contributed by atoms with Gasteiger partial charge in [0.15, 0.2) is 11.0 Å². The molecule has 1 aliphatic rings. The van der Waals surface area contributed by atoms with Crippen molar-refractivity contribution in [3.8, 4) is 6.07 Å². The molecule has 2 heterocycles. The number of amides is 2. The topological polar surface area (TPSA) is 113 Å². The Morgan fingerprint density at radius 1 is 1.23 bits per heavy atom. The molecule has 3 aromatic rings. The second-order valence-corrected chi connectivity index (χ2v) is 13.5. The standard InChI is InChI=1S/C29H36N6O2S2/c1-17(2)24(32-26(37)18-10-8-7-9-11-18)25-33-34-28(35(25)6)38-16-23(36)31-27-21(15-30)20-13-12-19(29(3,4)5)14-22(20)39-27/h7-11,17,19,24H,12-14,16H2,1-6H3,(H,31,36)(H,32,37)/t19-,24-/m1/s1. The summed E-state index contributed by atoms with van der Waals surface area (Å²) in [6.07, 6.45) is 2.88. The van der Waals surface area contributed by atoms with E-state index < -0.39 is 0 Å². The zero-order chi connectivity index (χ0) is 28.3. The highest BCUT2D eigenvalue weighted by Gasteiger charge is 2.32. The molecule has 10 heteroatoms. The van der Waals surface area contributed by atoms with Crippen LogP contribution in [0.2, 0.25) is 0 Å². The van der Waals surface area contributed by atoms with Gasteiger partial charge in [-0.3, -0.25) is 9.59 Å². The van der Waals surface area contributed by atoms with Gasteiger partial charge in [-0.05, 0) is 54.2 Å². The number of carbonyl (C=O) groups is 2. The fraction of sp³-hybridized carbons (Fsp3) is 0.483. The fourth-order valence-corrected chi connectivity index (χ4v) is 6.90. The van der Waals surface area contributed by atoms with Crippen molar-refractivity contribution in [3.05, 3.63) is 57.7 Å². The van der Waals surface area contributed by atoms with Gasteiger partial charge in [0.25, 0.3) is 5.91 Å². The van der Waals surface area contributed by atoms with Gasteiger partial charge in [0, 0.05) is 17.5 Å². The molecule has 0 unspecified atom stereocenters. The minimum atomic E-state index is -0.342. The van der Waals surface area contributed by atoms with Crippen LogP contribution in [0.1, 0.15) is 79.3 Å². The number of thioether (sulfide) groups is 1. The first-order valence-corrected chi connectivity index (χ1v) is 15.0. The van der Waals surface area contributed by atoms with Gasteiger partial charge in [0.1, 0.15) is 11.1 Å². The third-order valence-corrected chi connectivity index (χ3v) is 9.51. The Morgan fingerprint density at radius 3 is 2.59 bits per heavy atom. The van der Waals surface area contributed by atoms with E-state index in [9.17, 15) is 14.9 Å². The molecule has 0 saturated carbocycles. The number of benzene rings is 1. The Balaban J connectivity index is 1.41. The van der Waals surface area contributed by atoms with Crippen molar-refractivity contribution in [1.82, 2.24) is 20.1 Å². The highest BCUT2D eigenvalue weighted by atomic mass is 32.2. The smallest absolute Gasteiger partial charge is 0.251 e. The number of thiophene rings is 1. The zero-order valence-electron chi connectivity index (χ0n) is 23.4. The van der Waals surface area contributed by atoms with Crippen LogP contribution in [0.5, 0.6) is 0 Å². The molecule has 2 atom stereocenters. The lowest BCUT2D eigenvalue weighted by Crippen LogP contribution is -2.33. The molecule has 0 radical (unpaired) electrons. The minimum Gasteiger partial charge on any atom is -0.342 e. The first kappa shape index (κ1) is 28.8. The molecular weight excluding hydrogens is 528 g/mol. The molecule has 0 saturated heterocycles. The molecular formula is C29H36N6O2S2. The third kappa shape index (κ3) is 6.53. The predicted octanol–water partition coefficient (Wildman–Crippen LogP) is 5.76. The van der Waals surface area contributed by atoms with Crippen LogP contribution >= 0.6 is 23.1 Å². The van der Waals surface area contributed by atoms with Crippen LogP contribution in [0.25, 0.3) is 0 Å². The number of carbonyl (C=O) groups excluding carboxylic acids is 2. The van der Waals surface area contributed by atoms with Gasteiger partial charge in [0.2, 0.25) is 5.91 Å². The molecule has 2 aromatic heterocycles. The number of rotatable bonds is 8. The summed E-state index contributed by atoms with van der Waals surface area (Å²) in [5, 5.41) is 25.7. The summed E-state index contributed by atoms with van der Waals surface area (Å²) in [7, 11) is 1.84. The van der Waals surface area contributed by atoms with Crippen LogP contribution in [0.3, 0.4) is 0 Å². The first-order chi connectivity index (χ1) is 18.5. The number of hydrogen-bond donors (Lipinski definition) is 2. The second-order valence-electron chi connectivity index (χ2n) is 11.4. The lowest BCUT2D eigenvalue weighted by Gasteiger charge is -2.33. The quantitative estimate of drug-likeness (QED) is 0.337. The molecule has 8 nitrogen and oxygen atoms in total. The lowest BCUT2D eigenvalue weighted by molar-refractivity contribution is -0.113. The van der Waals surface area contributed by atoms with Gasteiger partial charge in [-0.2, -0.15) is 5.26 Å². The van der Waals surface area contributed by atoms with Crippen molar-refractivity contribution < 1.29 is 9.59 Å². The van der Waals surface area contributed by atoms with Crippen molar-refractivity contribution in [2.75, 3.05) is 11.1 Å². The summed E-state index contributed by atoms with van der Waals surface area (Å²) in [4.78, 5) is 26.9. The molecule has 4 rings (SSSR count). The largest absolute Gasteiger partial charge is 0.342 e. The molecule has 206 valence electrons. The van der Waals surface area contributed by atoms with Crippen LogP contribution < -0.4 is 10.6 Å². The number of anilines is 1. The first-order valence-electron chi connectivity index (χ1n) is 13.2. The van der Waals surface area contributed by atoms with Crippen LogP contribution in [0, 0.1) is 28.6 Å². The number of fused-ring (bicyclic) bond motifs is 1. The summed E-state index contributed by atoms with van der Waals surface area (Å²) in [6.45, 7) is 10.8. The van der Waals surface area contributed by atoms with E-state index in [0.29, 0.717) is 33.0 Å². The summed E-state index contributed by atoms with van der Waals surface area (Å²) in [5.74, 6) is 1.03. The molecule has 1 aliphatic carbocycles. The molecule has 39 heavy (non-hydrogen) atoms. The van der Waals surface area contributed by atoms with Crippen LogP contribution in [0.4, 0.5) is 5.00 Å². The second kappa shape index (κ2) is 11.9. The maximum Gasteiger partial charge on any atom is 0.251 e. The Hall–Kier alpha value is -3.16. The number of nitrogens with one attached hydrogen (secondary N) is 2. The van der Waals surface area contributed by atoms with Gasteiger partial charge in [-0.25, -0.2) is 0 Å². The van der Waals surface area contributed by atoms with Crippen molar-refractivity contribution in [3.63, 3.8) is 0 Å². The third-order valence-electron chi connectivity index (χ3n) is 7.32. The van der Waals surface area contributed by atoms with E-state index in [1.165, 1.54) is 28.0 Å². The van der Waals surface area contributed by atoms with Crippen LogP contribution in [-0.4, -0.2) is 32.3 Å². The molecule has 2 N–H and O–H groups in total. The maximum atomic E-state index is 12.9. The van der Waals surface area contributed by atoms with E-state index in [1.807, 2.05) is 43.7 Å². The molecule has 1 aromatic carbocycles. The molecule has 0 fully saturated rings. The van der Waals surface area contributed by atoms with Gasteiger partial charge in [-0.1, -0.05) is 64.6 Å². The average molecular weight is 565 g/mol. The van der Waals surface area contributed by atoms with E-state index in [4.69, 9.17) is 0 Å². The summed E-state index contributed by atoms with van der Waals surface area (Å²) in [5.41, 5.74) is 2.50. The van der Waals surface area contributed by atoms with Crippen molar-refractivity contribution in [1.29, 1.82) is 5.26 Å². The van der Waals surface area contributed by atoms with Gasteiger partial charge in [-0.15, -0.1) is 21.5 Å². The average Bonchev–Trinajstić information content (AvgIpc) is 3.44. The van der Waals surface area contributed by atoms with E-state index >= 15 is 0 Å². The predicted molar refractivity (Wildman–Crippen MR) is 156 cm³/mol. The minimum absolute atomic E-state index is 0.0776. The molecule has 2 amide bonds. The maximum absolute atomic E-state index is 12.9. The summed E-state index contributed by atoms with van der Waals surface area (Å²) >= 11 is 2.82. The van der Waals surface area contributed by atoms with E-state index in [2.05, 4.69) is 47.7 Å². The van der Waals surface area contributed by atoms with Crippen LogP contribution in [-0.2, 0) is 24.7 Å². The van der Waals surface area contributed by atoms with Crippen molar-refractivity contribution in [2.24, 2.45) is 24.3 Å². The van der Waals surface area contributed by atoms with Crippen molar-refractivity contribution in [2.45, 2.75) is 65.1 Å². The van der Waals surface area contributed by atoms with Crippen LogP contribution in [0.15, 0.2) is 35.5 Å². The normalized spacial score (nSPS) is 15.9. The fourth-order valence-electron chi connectivity index (χ4n) is 4.89. The summed E-state index contributed by atoms with van der Waals surface area (Å²) < 4.78 is 1.82. The van der Waals surface area contributed by atoms with Gasteiger partial charge < -0.3 is 15.2 Å². The van der Waals surface area contributed by atoms with Crippen molar-refractivity contribution >= 4 is 39.9 Å². The Bertz CT molecular complexity index is 1380. The SMILES string of the molecule is CC(C)[C@@H](NC(=O)c1ccccc1)c1nnc(SCC(=O)Nc2sc3c(c2C#N)CC[C@@H](C(C)(C)C)C3)n1C. The molecule has 0 spiro atoms. The number of hydrogen-bond acceptors (Lipinski definition) is 7. The number of nitrogens with zero attached hydrogens (tertiary/aromatic N) is 4.